The second-order valence-corrected chi connectivity index (χ2v) is 4.34. The van der Waals surface area contributed by atoms with E-state index in [9.17, 15) is 0 Å². The maximum absolute atomic E-state index is 3.64. The predicted octanol–water partition coefficient (Wildman–Crippen LogP) is 2.36. The Labute approximate surface area is 72.9 Å². The molecule has 0 amide bonds. The smallest absolute Gasteiger partial charge is 0.0181 e. The van der Waals surface area contributed by atoms with Gasteiger partial charge in [0.05, 0.1) is 0 Å². The zero-order valence-electron chi connectivity index (χ0n) is 7.39. The van der Waals surface area contributed by atoms with Crippen LogP contribution >= 0.6 is 15.9 Å². The Morgan fingerprint density at radius 1 is 1.40 bits per heavy atom. The van der Waals surface area contributed by atoms with Crippen molar-refractivity contribution >= 4 is 15.9 Å². The van der Waals surface area contributed by atoms with E-state index in [0.717, 1.165) is 5.92 Å². The highest BCUT2D eigenvalue weighted by molar-refractivity contribution is 9.09. The predicted molar refractivity (Wildman–Crippen MR) is 50.7 cm³/mol. The van der Waals surface area contributed by atoms with Crippen LogP contribution in [0.3, 0.4) is 0 Å². The highest BCUT2D eigenvalue weighted by Crippen LogP contribution is 2.16. The number of alkyl halides is 1. The topological polar surface area (TPSA) is 3.24 Å². The van der Waals surface area contributed by atoms with E-state index in [1.807, 2.05) is 0 Å². The first-order valence-corrected chi connectivity index (χ1v) is 4.78. The number of nitrogens with zero attached hydrogens (tertiary/aromatic N) is 1. The molecule has 0 heterocycles. The summed E-state index contributed by atoms with van der Waals surface area (Å²) in [5.74, 6) is 0.750. The molecule has 0 aromatic heterocycles. The van der Waals surface area contributed by atoms with Crippen molar-refractivity contribution in [3.63, 3.8) is 0 Å². The number of hydrogen-bond donors (Lipinski definition) is 0. The van der Waals surface area contributed by atoms with Crippen molar-refractivity contribution in [2.75, 3.05) is 20.6 Å². The third-order valence-corrected chi connectivity index (χ3v) is 3.21. The summed E-state index contributed by atoms with van der Waals surface area (Å²) in [7, 11) is 4.23. The molecule has 0 bridgehead atoms. The van der Waals surface area contributed by atoms with Crippen molar-refractivity contribution in [1.29, 1.82) is 0 Å². The van der Waals surface area contributed by atoms with E-state index >= 15 is 0 Å². The number of hydrogen-bond acceptors (Lipinski definition) is 1. The third-order valence-electron chi connectivity index (χ3n) is 1.66. The normalized spacial score (nSPS) is 17.4. The highest BCUT2D eigenvalue weighted by Gasteiger charge is 2.11. The summed E-state index contributed by atoms with van der Waals surface area (Å²) in [6.07, 6.45) is 1.22. The Balaban J connectivity index is 3.50. The summed E-state index contributed by atoms with van der Waals surface area (Å²) >= 11 is 3.64. The van der Waals surface area contributed by atoms with Gasteiger partial charge in [-0.05, 0) is 26.4 Å². The van der Waals surface area contributed by atoms with Crippen molar-refractivity contribution in [3.05, 3.63) is 0 Å². The Bertz CT molecular complexity index is 83.3. The van der Waals surface area contributed by atoms with Gasteiger partial charge in [-0.25, -0.2) is 0 Å². The number of rotatable bonds is 4. The summed E-state index contributed by atoms with van der Waals surface area (Å²) in [6, 6.07) is 0. The van der Waals surface area contributed by atoms with Crippen LogP contribution in [0.4, 0.5) is 0 Å². The van der Waals surface area contributed by atoms with Crippen LogP contribution in [-0.4, -0.2) is 30.4 Å². The quantitative estimate of drug-likeness (QED) is 0.641. The lowest BCUT2D eigenvalue weighted by Gasteiger charge is -2.20. The second-order valence-electron chi connectivity index (χ2n) is 3.16. The summed E-state index contributed by atoms with van der Waals surface area (Å²) in [4.78, 5) is 2.91. The third kappa shape index (κ3) is 4.29. The molecular formula is C8H18BrN. The Kier molecular flexibility index (Phi) is 5.36. The van der Waals surface area contributed by atoms with Gasteiger partial charge in [-0.2, -0.15) is 0 Å². The first-order valence-electron chi connectivity index (χ1n) is 3.86. The molecule has 0 aromatic rings. The Hall–Kier alpha value is 0.440. The average molecular weight is 208 g/mol. The molecule has 0 aromatic carbocycles. The van der Waals surface area contributed by atoms with Gasteiger partial charge in [0.25, 0.3) is 0 Å². The van der Waals surface area contributed by atoms with Gasteiger partial charge in [-0.15, -0.1) is 0 Å². The van der Waals surface area contributed by atoms with E-state index in [-0.39, 0.29) is 0 Å². The van der Waals surface area contributed by atoms with Gasteiger partial charge in [0.15, 0.2) is 0 Å². The van der Waals surface area contributed by atoms with Crippen molar-refractivity contribution < 1.29 is 0 Å². The highest BCUT2D eigenvalue weighted by atomic mass is 79.9. The summed E-state index contributed by atoms with van der Waals surface area (Å²) < 4.78 is 0. The van der Waals surface area contributed by atoms with Crippen LogP contribution in [0.2, 0.25) is 0 Å². The molecule has 0 aliphatic carbocycles. The van der Waals surface area contributed by atoms with E-state index in [1.165, 1.54) is 13.0 Å². The van der Waals surface area contributed by atoms with Crippen molar-refractivity contribution in [1.82, 2.24) is 4.90 Å². The van der Waals surface area contributed by atoms with Gasteiger partial charge in [0, 0.05) is 11.4 Å². The van der Waals surface area contributed by atoms with Gasteiger partial charge < -0.3 is 4.90 Å². The first kappa shape index (κ1) is 10.4. The van der Waals surface area contributed by atoms with Crippen LogP contribution in [0.25, 0.3) is 0 Å². The minimum absolute atomic E-state index is 0.676. The molecule has 0 rings (SSSR count). The van der Waals surface area contributed by atoms with Gasteiger partial charge in [0.1, 0.15) is 0 Å². The molecule has 2 heteroatoms. The van der Waals surface area contributed by atoms with Crippen molar-refractivity contribution in [3.8, 4) is 0 Å². The molecule has 0 saturated heterocycles. The van der Waals surface area contributed by atoms with Gasteiger partial charge >= 0.3 is 0 Å². The molecule has 2 unspecified atom stereocenters. The van der Waals surface area contributed by atoms with E-state index in [2.05, 4.69) is 48.8 Å². The second kappa shape index (κ2) is 5.14. The monoisotopic (exact) mass is 207 g/mol. The average Bonchev–Trinajstić information content (AvgIpc) is 1.85. The molecule has 0 radical (unpaired) electrons. The largest absolute Gasteiger partial charge is 0.309 e. The molecule has 1 nitrogen and oxygen atoms in total. The lowest BCUT2D eigenvalue weighted by molar-refractivity contribution is 0.333. The summed E-state index contributed by atoms with van der Waals surface area (Å²) in [6.45, 7) is 5.66. The molecule has 62 valence electrons. The molecular weight excluding hydrogens is 190 g/mol. The van der Waals surface area contributed by atoms with Crippen LogP contribution in [0.5, 0.6) is 0 Å². The standard InChI is InChI=1S/C8H18BrN/c1-5-8(9)7(2)6-10(3)4/h7-8H,5-6H2,1-4H3. The zero-order valence-corrected chi connectivity index (χ0v) is 8.98. The summed E-state index contributed by atoms with van der Waals surface area (Å²) in [5, 5.41) is 0. The molecule has 10 heavy (non-hydrogen) atoms. The fourth-order valence-corrected chi connectivity index (χ4v) is 1.26. The lowest BCUT2D eigenvalue weighted by Crippen LogP contribution is -2.25. The van der Waals surface area contributed by atoms with Crippen molar-refractivity contribution in [2.45, 2.75) is 25.1 Å². The van der Waals surface area contributed by atoms with Gasteiger partial charge in [0.2, 0.25) is 0 Å². The minimum Gasteiger partial charge on any atom is -0.309 e. The molecule has 0 aliphatic heterocycles. The minimum atomic E-state index is 0.676. The van der Waals surface area contributed by atoms with E-state index < -0.39 is 0 Å². The lowest BCUT2D eigenvalue weighted by atomic mass is 10.1. The van der Waals surface area contributed by atoms with Crippen LogP contribution in [0, 0.1) is 5.92 Å². The van der Waals surface area contributed by atoms with E-state index in [1.54, 1.807) is 0 Å². The van der Waals surface area contributed by atoms with Gasteiger partial charge in [-0.3, -0.25) is 0 Å². The maximum atomic E-state index is 3.64. The van der Waals surface area contributed by atoms with Gasteiger partial charge in [-0.1, -0.05) is 29.8 Å². The first-order chi connectivity index (χ1) is 4.57. The maximum Gasteiger partial charge on any atom is 0.0181 e. The fourth-order valence-electron chi connectivity index (χ4n) is 1.09. The summed E-state index contributed by atoms with van der Waals surface area (Å²) in [5.41, 5.74) is 0. The fraction of sp³-hybridized carbons (Fsp3) is 1.00. The van der Waals surface area contributed by atoms with E-state index in [4.69, 9.17) is 0 Å². The van der Waals surface area contributed by atoms with Crippen LogP contribution < -0.4 is 0 Å². The van der Waals surface area contributed by atoms with Crippen LogP contribution in [0.1, 0.15) is 20.3 Å². The molecule has 0 fully saturated rings. The van der Waals surface area contributed by atoms with Crippen LogP contribution in [0.15, 0.2) is 0 Å². The molecule has 0 spiro atoms. The van der Waals surface area contributed by atoms with Crippen LogP contribution in [-0.2, 0) is 0 Å². The zero-order chi connectivity index (χ0) is 8.15. The molecule has 2 atom stereocenters. The molecule has 0 aliphatic rings. The molecule has 0 N–H and O–H groups in total. The van der Waals surface area contributed by atoms with E-state index in [0.29, 0.717) is 4.83 Å². The Morgan fingerprint density at radius 3 is 2.20 bits per heavy atom. The van der Waals surface area contributed by atoms with Crippen molar-refractivity contribution in [2.24, 2.45) is 5.92 Å². The number of halogens is 1. The molecule has 0 saturated carbocycles. The SMILES string of the molecule is CCC(Br)C(C)CN(C)C. The Morgan fingerprint density at radius 2 is 1.90 bits per heavy atom.